The summed E-state index contributed by atoms with van der Waals surface area (Å²) in [5.74, 6) is 6.96. The fourth-order valence-corrected chi connectivity index (χ4v) is 6.68. The summed E-state index contributed by atoms with van der Waals surface area (Å²) in [4.78, 5) is 10.0. The number of nitro groups is 1. The molecule has 8 heteroatoms. The molecular weight excluding hydrogens is 388 g/mol. The number of rotatable bonds is 11. The molecular formula is C21H32N4O3S. The number of thioether (sulfide) groups is 1. The lowest BCUT2D eigenvalue weighted by atomic mass is 9.53. The van der Waals surface area contributed by atoms with Gasteiger partial charge in [-0.05, 0) is 68.4 Å². The normalized spacial score (nSPS) is 30.5. The SMILES string of the molecule is CN/C(=C\[N+](=O)[O-])NCCSCc1ccc(CNC23CC4CC(CC(C4)C2)C3)o1. The van der Waals surface area contributed by atoms with Crippen LogP contribution in [0.25, 0.3) is 0 Å². The van der Waals surface area contributed by atoms with E-state index in [2.05, 4.69) is 28.1 Å². The Morgan fingerprint density at radius 1 is 1.24 bits per heavy atom. The molecule has 5 rings (SSSR count). The van der Waals surface area contributed by atoms with Gasteiger partial charge in [-0.15, -0.1) is 0 Å². The molecule has 7 nitrogen and oxygen atoms in total. The van der Waals surface area contributed by atoms with Crippen LogP contribution >= 0.6 is 11.8 Å². The third-order valence-electron chi connectivity index (χ3n) is 6.70. The standard InChI is InChI=1S/C21H32N4O3S/c1-22-20(13-25(26)27)23-4-5-29-14-19-3-2-18(28-19)12-24-21-9-15-6-16(10-21)8-17(7-15)11-21/h2-3,13,15-17,22-24H,4-12,14H2,1H3/b20-13+. The lowest BCUT2D eigenvalue weighted by molar-refractivity contribution is -0.404. The van der Waals surface area contributed by atoms with Crippen molar-refractivity contribution in [3.8, 4) is 0 Å². The Bertz CT molecular complexity index is 713. The minimum absolute atomic E-state index is 0.365. The molecule has 1 aromatic rings. The summed E-state index contributed by atoms with van der Waals surface area (Å²) in [5.41, 5.74) is 0.365. The first kappa shape index (κ1) is 20.6. The molecule has 0 radical (unpaired) electrons. The monoisotopic (exact) mass is 420 g/mol. The van der Waals surface area contributed by atoms with Crippen LogP contribution in [0, 0.1) is 27.9 Å². The summed E-state index contributed by atoms with van der Waals surface area (Å²) < 4.78 is 6.03. The van der Waals surface area contributed by atoms with E-state index >= 15 is 0 Å². The van der Waals surface area contributed by atoms with Crippen molar-refractivity contribution >= 4 is 11.8 Å². The van der Waals surface area contributed by atoms with Crippen molar-refractivity contribution in [1.29, 1.82) is 0 Å². The molecule has 1 heterocycles. The number of nitrogens with one attached hydrogen (secondary N) is 3. The quantitative estimate of drug-likeness (QED) is 0.287. The zero-order valence-corrected chi connectivity index (χ0v) is 17.9. The highest BCUT2D eigenvalue weighted by Crippen LogP contribution is 2.55. The number of nitrogens with zero attached hydrogens (tertiary/aromatic N) is 1. The van der Waals surface area contributed by atoms with Crippen LogP contribution in [0.5, 0.6) is 0 Å². The van der Waals surface area contributed by atoms with E-state index in [1.807, 2.05) is 0 Å². The predicted molar refractivity (Wildman–Crippen MR) is 115 cm³/mol. The molecule has 3 N–H and O–H groups in total. The van der Waals surface area contributed by atoms with E-state index in [1.165, 1.54) is 38.5 Å². The van der Waals surface area contributed by atoms with Gasteiger partial charge in [0, 0.05) is 24.9 Å². The van der Waals surface area contributed by atoms with Gasteiger partial charge >= 0.3 is 0 Å². The second-order valence-corrected chi connectivity index (χ2v) is 10.1. The highest BCUT2D eigenvalue weighted by molar-refractivity contribution is 7.98. The minimum Gasteiger partial charge on any atom is -0.464 e. The third kappa shape index (κ3) is 5.28. The van der Waals surface area contributed by atoms with Gasteiger partial charge in [-0.2, -0.15) is 11.8 Å². The molecule has 0 saturated heterocycles. The van der Waals surface area contributed by atoms with Crippen LogP contribution < -0.4 is 16.0 Å². The summed E-state index contributed by atoms with van der Waals surface area (Å²) in [7, 11) is 1.66. The van der Waals surface area contributed by atoms with Crippen LogP contribution in [0.2, 0.25) is 0 Å². The lowest BCUT2D eigenvalue weighted by Gasteiger charge is -2.57. The van der Waals surface area contributed by atoms with Crippen molar-refractivity contribution in [3.63, 3.8) is 0 Å². The first-order chi connectivity index (χ1) is 14.0. The molecule has 0 aliphatic heterocycles. The van der Waals surface area contributed by atoms with Crippen LogP contribution in [-0.2, 0) is 12.3 Å². The number of hydrogen-bond acceptors (Lipinski definition) is 7. The largest absolute Gasteiger partial charge is 0.464 e. The van der Waals surface area contributed by atoms with Gasteiger partial charge in [-0.1, -0.05) is 0 Å². The van der Waals surface area contributed by atoms with E-state index in [0.717, 1.165) is 53.5 Å². The molecule has 0 unspecified atom stereocenters. The van der Waals surface area contributed by atoms with E-state index in [4.69, 9.17) is 4.42 Å². The van der Waals surface area contributed by atoms with Crippen molar-refractivity contribution in [3.05, 3.63) is 45.8 Å². The lowest BCUT2D eigenvalue weighted by Crippen LogP contribution is -2.58. The molecule has 4 aliphatic rings. The Morgan fingerprint density at radius 3 is 2.52 bits per heavy atom. The summed E-state index contributed by atoms with van der Waals surface area (Å²) in [6.45, 7) is 1.49. The van der Waals surface area contributed by atoms with Gasteiger partial charge in [0.25, 0.3) is 6.20 Å². The Balaban J connectivity index is 1.17. The highest BCUT2D eigenvalue weighted by Gasteiger charge is 2.50. The van der Waals surface area contributed by atoms with E-state index in [-0.39, 0.29) is 0 Å². The molecule has 4 fully saturated rings. The Labute approximate surface area is 176 Å². The number of furan rings is 1. The second-order valence-electron chi connectivity index (χ2n) is 8.98. The average molecular weight is 421 g/mol. The first-order valence-electron chi connectivity index (χ1n) is 10.7. The molecule has 1 aromatic heterocycles. The fraction of sp³-hybridized carbons (Fsp3) is 0.714. The summed E-state index contributed by atoms with van der Waals surface area (Å²) in [5, 5.41) is 20.2. The molecule has 0 amide bonds. The van der Waals surface area contributed by atoms with E-state index in [1.54, 1.807) is 18.8 Å². The van der Waals surface area contributed by atoms with Crippen LogP contribution in [0.3, 0.4) is 0 Å². The Hall–Kier alpha value is -1.67. The van der Waals surface area contributed by atoms with Gasteiger partial charge in [0.2, 0.25) is 0 Å². The van der Waals surface area contributed by atoms with Crippen LogP contribution in [-0.4, -0.2) is 29.8 Å². The van der Waals surface area contributed by atoms with Gasteiger partial charge in [0.15, 0.2) is 5.82 Å². The maximum Gasteiger partial charge on any atom is 0.274 e. The molecule has 4 aliphatic carbocycles. The average Bonchev–Trinajstić information content (AvgIpc) is 3.12. The van der Waals surface area contributed by atoms with Crippen molar-refractivity contribution in [2.24, 2.45) is 17.8 Å². The third-order valence-corrected chi connectivity index (χ3v) is 7.68. The number of hydrogen-bond donors (Lipinski definition) is 3. The van der Waals surface area contributed by atoms with E-state index in [0.29, 0.717) is 17.9 Å². The highest BCUT2D eigenvalue weighted by atomic mass is 32.2. The maximum atomic E-state index is 10.5. The zero-order valence-electron chi connectivity index (χ0n) is 17.1. The van der Waals surface area contributed by atoms with Crippen molar-refractivity contribution in [1.82, 2.24) is 16.0 Å². The predicted octanol–water partition coefficient (Wildman–Crippen LogP) is 3.46. The van der Waals surface area contributed by atoms with Gasteiger partial charge in [0.1, 0.15) is 11.5 Å². The summed E-state index contributed by atoms with van der Waals surface area (Å²) >= 11 is 1.75. The topological polar surface area (TPSA) is 92.4 Å². The molecule has 160 valence electrons. The Morgan fingerprint density at radius 2 is 1.90 bits per heavy atom. The first-order valence-corrected chi connectivity index (χ1v) is 11.9. The van der Waals surface area contributed by atoms with Gasteiger partial charge in [-0.25, -0.2) is 0 Å². The molecule has 0 spiro atoms. The van der Waals surface area contributed by atoms with E-state index in [9.17, 15) is 10.1 Å². The van der Waals surface area contributed by atoms with E-state index < -0.39 is 4.92 Å². The summed E-state index contributed by atoms with van der Waals surface area (Å²) in [6, 6.07) is 4.17. The zero-order chi connectivity index (χ0) is 20.3. The van der Waals surface area contributed by atoms with Gasteiger partial charge in [0.05, 0.1) is 17.2 Å². The molecule has 4 saturated carbocycles. The van der Waals surface area contributed by atoms with Crippen molar-refractivity contribution in [2.45, 2.75) is 56.4 Å². The minimum atomic E-state index is -0.464. The molecule has 0 aromatic carbocycles. The smallest absolute Gasteiger partial charge is 0.274 e. The molecule has 29 heavy (non-hydrogen) atoms. The fourth-order valence-electron chi connectivity index (χ4n) is 5.93. The van der Waals surface area contributed by atoms with Gasteiger partial charge < -0.3 is 20.4 Å². The second kappa shape index (κ2) is 9.00. The van der Waals surface area contributed by atoms with Crippen LogP contribution in [0.15, 0.2) is 28.6 Å². The molecule has 4 bridgehead atoms. The molecule has 0 atom stereocenters. The van der Waals surface area contributed by atoms with Crippen LogP contribution in [0.4, 0.5) is 0 Å². The van der Waals surface area contributed by atoms with Crippen LogP contribution in [0.1, 0.15) is 50.0 Å². The Kier molecular flexibility index (Phi) is 6.39. The maximum absolute atomic E-state index is 10.5. The van der Waals surface area contributed by atoms with Crippen molar-refractivity contribution in [2.75, 3.05) is 19.3 Å². The summed E-state index contributed by atoms with van der Waals surface area (Å²) in [6.07, 6.45) is 9.42. The van der Waals surface area contributed by atoms with Crippen molar-refractivity contribution < 1.29 is 9.34 Å². The van der Waals surface area contributed by atoms with Gasteiger partial charge in [-0.3, -0.25) is 10.1 Å².